The third-order valence-corrected chi connectivity index (χ3v) is 4.36. The van der Waals surface area contributed by atoms with E-state index < -0.39 is 17.7 Å². The molecule has 5 nitrogen and oxygen atoms in total. The van der Waals surface area contributed by atoms with Gasteiger partial charge in [0.05, 0.1) is 6.21 Å². The highest BCUT2D eigenvalue weighted by atomic mass is 79.9. The summed E-state index contributed by atoms with van der Waals surface area (Å²) < 4.78 is 19.1. The molecule has 1 N–H and O–H groups in total. The first-order valence-corrected chi connectivity index (χ1v) is 9.64. The summed E-state index contributed by atoms with van der Waals surface area (Å²) in [6.07, 6.45) is 4.34. The van der Waals surface area contributed by atoms with Crippen LogP contribution in [-0.4, -0.2) is 18.1 Å². The number of carbonyl (C=O) groups is 2. The van der Waals surface area contributed by atoms with Crippen LogP contribution < -0.4 is 10.2 Å². The van der Waals surface area contributed by atoms with Crippen LogP contribution in [0.5, 0.6) is 5.75 Å². The fraction of sp³-hybridized carbons (Fsp3) is 0. The Bertz CT molecular complexity index is 1100. The predicted octanol–water partition coefficient (Wildman–Crippen LogP) is 4.97. The molecule has 3 aromatic rings. The molecule has 0 heterocycles. The van der Waals surface area contributed by atoms with Crippen molar-refractivity contribution in [3.63, 3.8) is 0 Å². The molecular formula is C23H16BrFN2O3. The summed E-state index contributed by atoms with van der Waals surface area (Å²) in [5, 5.41) is 3.89. The van der Waals surface area contributed by atoms with Crippen LogP contribution in [0.2, 0.25) is 0 Å². The fourth-order valence-electron chi connectivity index (χ4n) is 2.41. The lowest BCUT2D eigenvalue weighted by Gasteiger charge is -2.06. The summed E-state index contributed by atoms with van der Waals surface area (Å²) in [4.78, 5) is 24.2. The van der Waals surface area contributed by atoms with Crippen molar-refractivity contribution in [3.05, 3.63) is 106 Å². The maximum absolute atomic E-state index is 12.9. The van der Waals surface area contributed by atoms with E-state index in [9.17, 15) is 14.0 Å². The molecule has 7 heteroatoms. The van der Waals surface area contributed by atoms with Gasteiger partial charge in [-0.25, -0.2) is 14.6 Å². The Morgan fingerprint density at radius 3 is 2.47 bits per heavy atom. The Balaban J connectivity index is 1.67. The molecule has 0 saturated heterocycles. The van der Waals surface area contributed by atoms with Crippen molar-refractivity contribution in [2.24, 2.45) is 5.10 Å². The highest BCUT2D eigenvalue weighted by molar-refractivity contribution is 9.10. The number of hydrogen-bond acceptors (Lipinski definition) is 4. The lowest BCUT2D eigenvalue weighted by atomic mass is 10.2. The molecule has 0 spiro atoms. The van der Waals surface area contributed by atoms with Gasteiger partial charge in [0.25, 0.3) is 5.91 Å². The van der Waals surface area contributed by atoms with E-state index in [0.717, 1.165) is 10.0 Å². The SMILES string of the molecule is O=C(/C=C/c1ccccc1)Oc1ccc(Br)cc1/C=N\NC(=O)c1ccc(F)cc1. The molecule has 0 aliphatic carbocycles. The Kier molecular flexibility index (Phi) is 7.24. The summed E-state index contributed by atoms with van der Waals surface area (Å²) in [6.45, 7) is 0. The molecule has 3 rings (SSSR count). The quantitative estimate of drug-likeness (QED) is 0.183. The molecule has 0 atom stereocenters. The van der Waals surface area contributed by atoms with E-state index in [1.165, 1.54) is 36.6 Å². The number of rotatable bonds is 6. The molecule has 150 valence electrons. The second-order valence-electron chi connectivity index (χ2n) is 6.05. The zero-order valence-electron chi connectivity index (χ0n) is 15.6. The number of hydrazone groups is 1. The maximum Gasteiger partial charge on any atom is 0.336 e. The molecule has 0 aliphatic rings. The summed E-state index contributed by atoms with van der Waals surface area (Å²) in [6, 6.07) is 19.5. The molecule has 30 heavy (non-hydrogen) atoms. The van der Waals surface area contributed by atoms with E-state index in [1.807, 2.05) is 30.3 Å². The predicted molar refractivity (Wildman–Crippen MR) is 117 cm³/mol. The number of carbonyl (C=O) groups excluding carboxylic acids is 2. The van der Waals surface area contributed by atoms with Gasteiger partial charge in [-0.2, -0.15) is 5.10 Å². The number of nitrogens with zero attached hydrogens (tertiary/aromatic N) is 1. The van der Waals surface area contributed by atoms with E-state index in [4.69, 9.17) is 4.74 Å². The third-order valence-electron chi connectivity index (χ3n) is 3.87. The van der Waals surface area contributed by atoms with Crippen LogP contribution in [0.4, 0.5) is 4.39 Å². The smallest absolute Gasteiger partial charge is 0.336 e. The Morgan fingerprint density at radius 2 is 1.73 bits per heavy atom. The third kappa shape index (κ3) is 6.22. The number of ether oxygens (including phenoxy) is 1. The summed E-state index contributed by atoms with van der Waals surface area (Å²) in [5.74, 6) is -1.20. The Labute approximate surface area is 181 Å². The first kappa shape index (κ1) is 21.1. The normalized spacial score (nSPS) is 11.0. The van der Waals surface area contributed by atoms with Crippen molar-refractivity contribution in [3.8, 4) is 5.75 Å². The molecule has 0 bridgehead atoms. The summed E-state index contributed by atoms with van der Waals surface area (Å²) in [5.41, 5.74) is 3.96. The van der Waals surface area contributed by atoms with Gasteiger partial charge in [0.15, 0.2) is 0 Å². The van der Waals surface area contributed by atoms with Crippen molar-refractivity contribution in [1.82, 2.24) is 5.43 Å². The average molecular weight is 467 g/mol. The molecule has 1 amide bonds. The van der Waals surface area contributed by atoms with Gasteiger partial charge >= 0.3 is 5.97 Å². The number of benzene rings is 3. The molecule has 0 saturated carbocycles. The van der Waals surface area contributed by atoms with Crippen LogP contribution in [-0.2, 0) is 4.79 Å². The number of nitrogens with one attached hydrogen (secondary N) is 1. The lowest BCUT2D eigenvalue weighted by Crippen LogP contribution is -2.17. The zero-order valence-corrected chi connectivity index (χ0v) is 17.2. The highest BCUT2D eigenvalue weighted by Gasteiger charge is 2.08. The van der Waals surface area contributed by atoms with E-state index in [0.29, 0.717) is 5.56 Å². The van der Waals surface area contributed by atoms with Gasteiger partial charge in [-0.15, -0.1) is 0 Å². The van der Waals surface area contributed by atoms with E-state index >= 15 is 0 Å². The number of amides is 1. The van der Waals surface area contributed by atoms with E-state index in [2.05, 4.69) is 26.5 Å². The van der Waals surface area contributed by atoms with Crippen LogP contribution in [0, 0.1) is 5.82 Å². The van der Waals surface area contributed by atoms with Gasteiger partial charge in [0.1, 0.15) is 11.6 Å². The number of hydrogen-bond donors (Lipinski definition) is 1. The summed E-state index contributed by atoms with van der Waals surface area (Å²) >= 11 is 3.35. The van der Waals surface area contributed by atoms with Gasteiger partial charge in [-0.1, -0.05) is 46.3 Å². The zero-order chi connectivity index (χ0) is 21.3. The van der Waals surface area contributed by atoms with Crippen molar-refractivity contribution in [2.45, 2.75) is 0 Å². The molecule has 0 fully saturated rings. The molecule has 0 aromatic heterocycles. The van der Waals surface area contributed by atoms with Crippen molar-refractivity contribution in [1.29, 1.82) is 0 Å². The van der Waals surface area contributed by atoms with Gasteiger partial charge in [0.2, 0.25) is 0 Å². The standard InChI is InChI=1S/C23H16BrFN2O3/c24-19-9-12-21(30-22(28)13-6-16-4-2-1-3-5-16)18(14-19)15-26-27-23(29)17-7-10-20(25)11-8-17/h1-15H,(H,27,29)/b13-6+,26-15-. The lowest BCUT2D eigenvalue weighted by molar-refractivity contribution is -0.128. The van der Waals surface area contributed by atoms with Crippen molar-refractivity contribution in [2.75, 3.05) is 0 Å². The minimum Gasteiger partial charge on any atom is -0.423 e. The Morgan fingerprint density at radius 1 is 1.00 bits per heavy atom. The van der Waals surface area contributed by atoms with Crippen molar-refractivity contribution >= 4 is 40.1 Å². The van der Waals surface area contributed by atoms with Crippen molar-refractivity contribution < 1.29 is 18.7 Å². The minimum absolute atomic E-state index is 0.264. The fourth-order valence-corrected chi connectivity index (χ4v) is 2.79. The molecule has 0 unspecified atom stereocenters. The van der Waals surface area contributed by atoms with Crippen LogP contribution in [0.3, 0.4) is 0 Å². The largest absolute Gasteiger partial charge is 0.423 e. The second kappa shape index (κ2) is 10.3. The van der Waals surface area contributed by atoms with E-state index in [1.54, 1.807) is 24.3 Å². The molecule has 0 radical (unpaired) electrons. The van der Waals surface area contributed by atoms with Crippen LogP contribution in [0.1, 0.15) is 21.5 Å². The molecule has 0 aliphatic heterocycles. The monoisotopic (exact) mass is 466 g/mol. The number of halogens is 2. The topological polar surface area (TPSA) is 67.8 Å². The number of esters is 1. The van der Waals surface area contributed by atoms with Gasteiger partial charge in [0, 0.05) is 21.7 Å². The second-order valence-corrected chi connectivity index (χ2v) is 6.97. The molecular weight excluding hydrogens is 451 g/mol. The average Bonchev–Trinajstić information content (AvgIpc) is 2.75. The maximum atomic E-state index is 12.9. The first-order chi connectivity index (χ1) is 14.5. The van der Waals surface area contributed by atoms with Gasteiger partial charge in [-0.05, 0) is 54.1 Å². The summed E-state index contributed by atoms with van der Waals surface area (Å²) in [7, 11) is 0. The molecule has 3 aromatic carbocycles. The first-order valence-electron chi connectivity index (χ1n) is 8.85. The highest BCUT2D eigenvalue weighted by Crippen LogP contribution is 2.22. The van der Waals surface area contributed by atoms with Crippen LogP contribution in [0.15, 0.2) is 88.4 Å². The minimum atomic E-state index is -0.550. The van der Waals surface area contributed by atoms with Gasteiger partial charge in [-0.3, -0.25) is 4.79 Å². The van der Waals surface area contributed by atoms with E-state index in [-0.39, 0.29) is 11.3 Å². The van der Waals surface area contributed by atoms with Crippen LogP contribution >= 0.6 is 15.9 Å². The van der Waals surface area contributed by atoms with Gasteiger partial charge < -0.3 is 4.74 Å². The van der Waals surface area contributed by atoms with Crippen LogP contribution in [0.25, 0.3) is 6.08 Å². The Hall–Kier alpha value is -3.58.